The lowest BCUT2D eigenvalue weighted by atomic mass is 10.1. The number of hydrogen-bond acceptors (Lipinski definition) is 3. The van der Waals surface area contributed by atoms with Gasteiger partial charge in [0.2, 0.25) is 11.8 Å². The lowest BCUT2D eigenvalue weighted by molar-refractivity contribution is -0.135. The largest absolute Gasteiger partial charge is 0.329 e. The number of para-hydroxylation sites is 1. The van der Waals surface area contributed by atoms with Crippen LogP contribution >= 0.6 is 0 Å². The Morgan fingerprint density at radius 3 is 2.55 bits per heavy atom. The van der Waals surface area contributed by atoms with Gasteiger partial charge >= 0.3 is 5.69 Å². The summed E-state index contributed by atoms with van der Waals surface area (Å²) in [5, 5.41) is 2.30. The third-order valence-corrected chi connectivity index (χ3v) is 3.83. The molecule has 1 unspecified atom stereocenters. The minimum Gasteiger partial charge on any atom is -0.295 e. The van der Waals surface area contributed by atoms with Gasteiger partial charge in [0, 0.05) is 14.9 Å². The summed E-state index contributed by atoms with van der Waals surface area (Å²) in [5.41, 5.74) is 2.30. The van der Waals surface area contributed by atoms with Crippen molar-refractivity contribution >= 4 is 22.8 Å². The number of amides is 2. The molecule has 2 heterocycles. The van der Waals surface area contributed by atoms with Crippen LogP contribution in [0.2, 0.25) is 0 Å². The molecule has 1 aromatic heterocycles. The molecule has 0 spiro atoms. The van der Waals surface area contributed by atoms with Gasteiger partial charge in [0.25, 0.3) is 0 Å². The molecule has 2 aromatic rings. The number of aryl methyl sites for hydroxylation is 2. The van der Waals surface area contributed by atoms with Gasteiger partial charge in [-0.15, -0.1) is 0 Å². The van der Waals surface area contributed by atoms with Crippen LogP contribution in [0.15, 0.2) is 23.0 Å². The topological polar surface area (TPSA) is 73.1 Å². The zero-order chi connectivity index (χ0) is 16.4. The molecule has 1 N–H and O–H groups in total. The van der Waals surface area contributed by atoms with E-state index in [2.05, 4.69) is 5.32 Å². The Morgan fingerprint density at radius 2 is 1.91 bits per heavy atom. The minimum atomic E-state index is -0.620. The number of carbonyl (C=O) groups is 2. The predicted molar refractivity (Wildman–Crippen MR) is 86.8 cm³/mol. The molecule has 2 amide bonds. The number of aromatic nitrogens is 2. The van der Waals surface area contributed by atoms with Gasteiger partial charge in [0.1, 0.15) is 6.04 Å². The first-order valence-corrected chi connectivity index (χ1v) is 7.51. The third-order valence-electron chi connectivity index (χ3n) is 3.83. The first kappa shape index (κ1) is 16.0. The third kappa shape index (κ3) is 2.45. The number of imide groups is 1. The second kappa shape index (κ2) is 6.17. The number of rotatable bonds is 1. The van der Waals surface area contributed by atoms with Crippen molar-refractivity contribution in [1.82, 2.24) is 14.5 Å². The maximum Gasteiger partial charge on any atom is 0.329 e. The number of nitrogens with zero attached hydrogens (tertiary/aromatic N) is 2. The Morgan fingerprint density at radius 1 is 1.23 bits per heavy atom. The fraction of sp³-hybridized carbons (Fsp3) is 0.438. The molecule has 6 nitrogen and oxygen atoms in total. The first-order chi connectivity index (χ1) is 10.5. The SMILES string of the molecule is CC.Cc1cccc2c1n(C)c(=O)n2C1CCC(=O)NC1=O.[HH]. The van der Waals surface area contributed by atoms with Crippen molar-refractivity contribution in [3.8, 4) is 0 Å². The number of piperidine rings is 1. The molecule has 1 aliphatic rings. The van der Waals surface area contributed by atoms with Crippen molar-refractivity contribution in [2.75, 3.05) is 0 Å². The summed E-state index contributed by atoms with van der Waals surface area (Å²) in [6, 6.07) is 4.99. The van der Waals surface area contributed by atoms with Gasteiger partial charge in [-0.3, -0.25) is 24.0 Å². The molecular formula is C16H23N3O3. The fourth-order valence-corrected chi connectivity index (χ4v) is 2.86. The first-order valence-electron chi connectivity index (χ1n) is 7.51. The van der Waals surface area contributed by atoms with Crippen molar-refractivity contribution in [3.63, 3.8) is 0 Å². The predicted octanol–water partition coefficient (Wildman–Crippen LogP) is 1.90. The van der Waals surface area contributed by atoms with Gasteiger partial charge in [-0.25, -0.2) is 4.79 Å². The van der Waals surface area contributed by atoms with E-state index in [-0.39, 0.29) is 19.4 Å². The molecule has 3 rings (SSSR count). The number of fused-ring (bicyclic) bond motifs is 1. The highest BCUT2D eigenvalue weighted by molar-refractivity contribution is 6.00. The molecule has 6 heteroatoms. The van der Waals surface area contributed by atoms with Gasteiger partial charge in [-0.2, -0.15) is 0 Å². The van der Waals surface area contributed by atoms with Crippen LogP contribution in [0.4, 0.5) is 0 Å². The summed E-state index contributed by atoms with van der Waals surface area (Å²) >= 11 is 0. The van der Waals surface area contributed by atoms with Gasteiger partial charge in [0.15, 0.2) is 0 Å². The molecule has 0 radical (unpaired) electrons. The molecule has 0 bridgehead atoms. The zero-order valence-corrected chi connectivity index (χ0v) is 13.3. The molecule has 0 saturated carbocycles. The number of benzene rings is 1. The number of hydrogen-bond donors (Lipinski definition) is 1. The van der Waals surface area contributed by atoms with E-state index in [0.717, 1.165) is 16.6 Å². The summed E-state index contributed by atoms with van der Waals surface area (Å²) < 4.78 is 3.04. The van der Waals surface area contributed by atoms with Gasteiger partial charge in [-0.1, -0.05) is 26.0 Å². The summed E-state index contributed by atoms with van der Waals surface area (Å²) in [5.74, 6) is -0.687. The number of carbonyl (C=O) groups excluding carboxylic acids is 2. The molecule has 1 aromatic carbocycles. The van der Waals surface area contributed by atoms with E-state index in [4.69, 9.17) is 0 Å². The minimum absolute atomic E-state index is 0. The van der Waals surface area contributed by atoms with E-state index in [1.54, 1.807) is 11.6 Å². The fourth-order valence-electron chi connectivity index (χ4n) is 2.86. The summed E-state index contributed by atoms with van der Waals surface area (Å²) in [4.78, 5) is 35.7. The van der Waals surface area contributed by atoms with Crippen LogP contribution in [0.25, 0.3) is 11.0 Å². The summed E-state index contributed by atoms with van der Waals surface area (Å²) in [6.45, 7) is 5.93. The highest BCUT2D eigenvalue weighted by Crippen LogP contribution is 2.24. The second-order valence-electron chi connectivity index (χ2n) is 5.12. The summed E-state index contributed by atoms with van der Waals surface area (Å²) in [7, 11) is 1.69. The average Bonchev–Trinajstić information content (AvgIpc) is 2.75. The van der Waals surface area contributed by atoms with E-state index in [1.165, 1.54) is 4.57 Å². The number of imidazole rings is 1. The van der Waals surface area contributed by atoms with Gasteiger partial charge in [0.05, 0.1) is 11.0 Å². The monoisotopic (exact) mass is 305 g/mol. The maximum absolute atomic E-state index is 12.4. The second-order valence-corrected chi connectivity index (χ2v) is 5.12. The van der Waals surface area contributed by atoms with E-state index in [9.17, 15) is 14.4 Å². The van der Waals surface area contributed by atoms with Crippen LogP contribution < -0.4 is 11.0 Å². The Bertz CT molecular complexity index is 792. The maximum atomic E-state index is 12.4. The van der Waals surface area contributed by atoms with Crippen LogP contribution in [0.5, 0.6) is 0 Å². The highest BCUT2D eigenvalue weighted by Gasteiger charge is 2.31. The van der Waals surface area contributed by atoms with Crippen LogP contribution in [-0.4, -0.2) is 20.9 Å². The Kier molecular flexibility index (Phi) is 4.49. The number of nitrogens with one attached hydrogen (secondary N) is 1. The summed E-state index contributed by atoms with van der Waals surface area (Å²) in [6.07, 6.45) is 0.614. The quantitative estimate of drug-likeness (QED) is 0.818. The molecular weight excluding hydrogens is 282 g/mol. The van der Waals surface area contributed by atoms with Crippen molar-refractivity contribution in [2.24, 2.45) is 7.05 Å². The Labute approximate surface area is 130 Å². The van der Waals surface area contributed by atoms with Crippen molar-refractivity contribution < 1.29 is 11.0 Å². The van der Waals surface area contributed by atoms with E-state index in [1.807, 2.05) is 39.0 Å². The molecule has 120 valence electrons. The Hall–Kier alpha value is -2.37. The van der Waals surface area contributed by atoms with Crippen molar-refractivity contribution in [2.45, 2.75) is 39.7 Å². The molecule has 1 fully saturated rings. The normalized spacial score (nSPS) is 17.9. The van der Waals surface area contributed by atoms with Crippen LogP contribution in [0, 0.1) is 6.92 Å². The highest BCUT2D eigenvalue weighted by atomic mass is 16.2. The van der Waals surface area contributed by atoms with Crippen LogP contribution in [0.3, 0.4) is 0 Å². The molecule has 0 aliphatic carbocycles. The van der Waals surface area contributed by atoms with Crippen molar-refractivity contribution in [1.29, 1.82) is 0 Å². The van der Waals surface area contributed by atoms with E-state index in [0.29, 0.717) is 6.42 Å². The molecule has 1 atom stereocenters. The van der Waals surface area contributed by atoms with Crippen LogP contribution in [0.1, 0.15) is 39.7 Å². The molecule has 22 heavy (non-hydrogen) atoms. The standard InChI is InChI=1S/C14H15N3O3.C2H6.H2/c1-8-4-3-5-9-12(8)16(2)14(20)17(9)10-6-7-11(18)15-13(10)19;1-2;/h3-5,10H,6-7H2,1-2H3,(H,15,18,19);1-2H3;1H. The van der Waals surface area contributed by atoms with Crippen LogP contribution in [-0.2, 0) is 16.6 Å². The zero-order valence-electron chi connectivity index (χ0n) is 13.3. The van der Waals surface area contributed by atoms with E-state index < -0.39 is 11.9 Å². The smallest absolute Gasteiger partial charge is 0.295 e. The lowest BCUT2D eigenvalue weighted by Gasteiger charge is -2.21. The molecule has 1 saturated heterocycles. The van der Waals surface area contributed by atoms with Gasteiger partial charge < -0.3 is 0 Å². The Balaban J connectivity index is 0.000000849. The molecule has 1 aliphatic heterocycles. The van der Waals surface area contributed by atoms with Crippen molar-refractivity contribution in [3.05, 3.63) is 34.2 Å². The lowest BCUT2D eigenvalue weighted by Crippen LogP contribution is -2.44. The average molecular weight is 305 g/mol. The van der Waals surface area contributed by atoms with Gasteiger partial charge in [-0.05, 0) is 25.0 Å². The van der Waals surface area contributed by atoms with E-state index >= 15 is 0 Å².